The number of hydrogen-bond donors (Lipinski definition) is 0. The van der Waals surface area contributed by atoms with Crippen LogP contribution >= 0.6 is 11.6 Å². The summed E-state index contributed by atoms with van der Waals surface area (Å²) in [6.45, 7) is 10.1. The molecule has 2 atom stereocenters. The van der Waals surface area contributed by atoms with Gasteiger partial charge in [0.25, 0.3) is 0 Å². The minimum atomic E-state index is -3.13. The van der Waals surface area contributed by atoms with E-state index in [2.05, 4.69) is 23.8 Å². The molecule has 0 aromatic carbocycles. The molecule has 0 spiro atoms. The second kappa shape index (κ2) is 7.63. The molecule has 1 aliphatic rings. The predicted molar refractivity (Wildman–Crippen MR) is 80.3 cm³/mol. The molecule has 21 heavy (non-hydrogen) atoms. The molecule has 1 aromatic heterocycles. The number of rotatable bonds is 4. The van der Waals surface area contributed by atoms with Gasteiger partial charge in [-0.05, 0) is 24.4 Å². The zero-order valence-electron chi connectivity index (χ0n) is 11.9. The van der Waals surface area contributed by atoms with Crippen LogP contribution in [-0.2, 0) is 9.84 Å². The van der Waals surface area contributed by atoms with Crippen molar-refractivity contribution in [2.45, 2.75) is 31.1 Å². The topological polar surface area (TPSA) is 63.2 Å². The predicted octanol–water partition coefficient (Wildman–Crippen LogP) is 2.24. The maximum Gasteiger partial charge on any atom is 2.00 e. The SMILES string of the molecule is [CH2-]CN(c1cc(C2CCCS2(=O)=O)nc(Cl)n1)[C@@H]([CH2-])C.[U+2]. The van der Waals surface area contributed by atoms with Crippen LogP contribution in [-0.4, -0.2) is 36.7 Å². The maximum absolute atomic E-state index is 12.0. The van der Waals surface area contributed by atoms with Gasteiger partial charge < -0.3 is 18.7 Å². The smallest absolute Gasteiger partial charge is 0.414 e. The number of nitrogens with zero attached hydrogens (tertiary/aromatic N) is 3. The van der Waals surface area contributed by atoms with E-state index in [-0.39, 0.29) is 48.2 Å². The van der Waals surface area contributed by atoms with Crippen LogP contribution in [0.5, 0.6) is 0 Å². The van der Waals surface area contributed by atoms with Crippen LogP contribution in [0.2, 0.25) is 5.28 Å². The Labute approximate surface area is 155 Å². The van der Waals surface area contributed by atoms with E-state index in [0.717, 1.165) is 0 Å². The van der Waals surface area contributed by atoms with Gasteiger partial charge in [0.05, 0.1) is 11.4 Å². The van der Waals surface area contributed by atoms with E-state index < -0.39 is 15.1 Å². The molecule has 1 saturated heterocycles. The molecule has 114 valence electrons. The summed E-state index contributed by atoms with van der Waals surface area (Å²) < 4.78 is 24.0. The van der Waals surface area contributed by atoms with E-state index >= 15 is 0 Å². The third kappa shape index (κ3) is 4.34. The summed E-state index contributed by atoms with van der Waals surface area (Å²) in [7, 11) is -3.13. The van der Waals surface area contributed by atoms with Crippen molar-refractivity contribution in [3.05, 3.63) is 30.9 Å². The summed E-state index contributed by atoms with van der Waals surface area (Å²) in [6, 6.07) is 1.64. The fraction of sp³-hybridized carbons (Fsp3) is 0.538. The maximum atomic E-state index is 12.0. The average Bonchev–Trinajstić information content (AvgIpc) is 2.68. The van der Waals surface area contributed by atoms with Crippen LogP contribution in [0.15, 0.2) is 6.07 Å². The second-order valence-corrected chi connectivity index (χ2v) is 7.60. The van der Waals surface area contributed by atoms with Gasteiger partial charge in [0, 0.05) is 6.07 Å². The normalized spacial score (nSPS) is 21.6. The number of hydrogen-bond acceptors (Lipinski definition) is 5. The quantitative estimate of drug-likeness (QED) is 0.423. The van der Waals surface area contributed by atoms with Crippen molar-refractivity contribution < 1.29 is 39.5 Å². The van der Waals surface area contributed by atoms with Crippen LogP contribution in [0, 0.1) is 45.0 Å². The van der Waals surface area contributed by atoms with Crippen LogP contribution < -0.4 is 4.90 Å². The first kappa shape index (κ1) is 19.2. The molecule has 8 heteroatoms. The minimum absolute atomic E-state index is 0. The van der Waals surface area contributed by atoms with Crippen molar-refractivity contribution in [2.24, 2.45) is 0 Å². The zero-order valence-corrected chi connectivity index (χ0v) is 17.7. The summed E-state index contributed by atoms with van der Waals surface area (Å²) in [5, 5.41) is -0.521. The molecule has 0 amide bonds. The van der Waals surface area contributed by atoms with Crippen molar-refractivity contribution in [1.82, 2.24) is 9.97 Å². The van der Waals surface area contributed by atoms with E-state index in [9.17, 15) is 8.42 Å². The van der Waals surface area contributed by atoms with Crippen molar-refractivity contribution in [2.75, 3.05) is 17.2 Å². The molecule has 1 aliphatic heterocycles. The van der Waals surface area contributed by atoms with E-state index in [1.54, 1.807) is 6.07 Å². The summed E-state index contributed by atoms with van der Waals surface area (Å²) in [6.07, 6.45) is 1.24. The van der Waals surface area contributed by atoms with Gasteiger partial charge in [-0.25, -0.2) is 18.4 Å². The fourth-order valence-electron chi connectivity index (χ4n) is 2.42. The van der Waals surface area contributed by atoms with Gasteiger partial charge in [-0.3, -0.25) is 0 Å². The Morgan fingerprint density at radius 2 is 2.19 bits per heavy atom. The number of halogens is 1. The van der Waals surface area contributed by atoms with Gasteiger partial charge >= 0.3 is 31.1 Å². The fourth-order valence-corrected chi connectivity index (χ4v) is 4.47. The summed E-state index contributed by atoms with van der Waals surface area (Å²) in [4.78, 5) is 10.1. The van der Waals surface area contributed by atoms with Gasteiger partial charge in [0.2, 0.25) is 5.28 Å². The molecule has 2 rings (SSSR count). The van der Waals surface area contributed by atoms with Crippen LogP contribution in [0.4, 0.5) is 5.82 Å². The minimum Gasteiger partial charge on any atom is -0.414 e. The monoisotopic (exact) mass is 553 g/mol. The van der Waals surface area contributed by atoms with Crippen LogP contribution in [0.1, 0.15) is 30.7 Å². The first-order chi connectivity index (χ1) is 9.35. The van der Waals surface area contributed by atoms with Crippen LogP contribution in [0.25, 0.3) is 0 Å². The molecular weight excluding hydrogens is 536 g/mol. The van der Waals surface area contributed by atoms with Crippen molar-refractivity contribution >= 4 is 27.3 Å². The van der Waals surface area contributed by atoms with Crippen molar-refractivity contribution in [3.8, 4) is 0 Å². The molecule has 5 nitrogen and oxygen atoms in total. The Bertz CT molecular complexity index is 595. The molecule has 0 radical (unpaired) electrons. The summed E-state index contributed by atoms with van der Waals surface area (Å²) in [5.41, 5.74) is 0.469. The molecular formula is C13H18ClN3O2SU. The molecule has 1 fully saturated rings. The number of sulfone groups is 1. The van der Waals surface area contributed by atoms with E-state index in [1.165, 1.54) is 0 Å². The second-order valence-electron chi connectivity index (χ2n) is 4.96. The average molecular weight is 554 g/mol. The van der Waals surface area contributed by atoms with Gasteiger partial charge in [-0.2, -0.15) is 0 Å². The van der Waals surface area contributed by atoms with E-state index in [4.69, 9.17) is 11.6 Å². The number of aromatic nitrogens is 2. The molecule has 2 heterocycles. The van der Waals surface area contributed by atoms with Crippen LogP contribution in [0.3, 0.4) is 0 Å². The van der Waals surface area contributed by atoms with Gasteiger partial charge in [0.1, 0.15) is 11.1 Å². The molecule has 0 bridgehead atoms. The molecule has 0 saturated carbocycles. The molecule has 0 N–H and O–H groups in total. The Balaban J connectivity index is 0.00000220. The first-order valence-corrected chi connectivity index (χ1v) is 8.59. The molecule has 1 aromatic rings. The first-order valence-electron chi connectivity index (χ1n) is 6.50. The zero-order chi connectivity index (χ0) is 14.9. The van der Waals surface area contributed by atoms with Crippen molar-refractivity contribution in [3.63, 3.8) is 0 Å². The van der Waals surface area contributed by atoms with Gasteiger partial charge in [0.15, 0.2) is 9.84 Å². The van der Waals surface area contributed by atoms with Gasteiger partial charge in [-0.15, -0.1) is 12.6 Å². The Morgan fingerprint density at radius 3 is 2.67 bits per heavy atom. The molecule has 0 aliphatic carbocycles. The Kier molecular flexibility index (Phi) is 6.98. The Morgan fingerprint density at radius 1 is 1.52 bits per heavy atom. The Hall–Kier alpha value is 0.172. The number of anilines is 1. The van der Waals surface area contributed by atoms with E-state index in [0.29, 0.717) is 30.9 Å². The third-order valence-corrected chi connectivity index (χ3v) is 5.80. The molecule has 1 unspecified atom stereocenters. The van der Waals surface area contributed by atoms with E-state index in [1.807, 2.05) is 11.8 Å². The third-order valence-electron chi connectivity index (χ3n) is 3.43. The summed E-state index contributed by atoms with van der Waals surface area (Å²) in [5.74, 6) is 0.777. The van der Waals surface area contributed by atoms with Crippen molar-refractivity contribution in [1.29, 1.82) is 0 Å². The van der Waals surface area contributed by atoms with Gasteiger partial charge in [-0.1, -0.05) is 6.92 Å². The standard InChI is InChI=1S/C13H18ClN3O2S.U/c1-4-17(9(2)3)12-8-10(15-13(14)16-12)11-6-5-7-20(11,18)19;/h8-9,11H,1-2,4-7H2,3H3;/q-2;+2/t9-,11?;/m0./s1. The largest absolute Gasteiger partial charge is 2.00 e. The summed E-state index contributed by atoms with van der Waals surface area (Å²) >= 11 is 5.94.